The highest BCUT2D eigenvalue weighted by atomic mass is 16.5. The van der Waals surface area contributed by atoms with Crippen LogP contribution >= 0.6 is 0 Å². The smallest absolute Gasteiger partial charge is 0.327 e. The molecular weight excluding hydrogens is 374 g/mol. The first-order valence-corrected chi connectivity index (χ1v) is 9.73. The van der Waals surface area contributed by atoms with E-state index >= 15 is 0 Å². The van der Waals surface area contributed by atoms with Crippen molar-refractivity contribution in [1.82, 2.24) is 10.2 Å². The van der Waals surface area contributed by atoms with E-state index in [-0.39, 0.29) is 0 Å². The third kappa shape index (κ3) is 5.79. The lowest BCUT2D eigenvalue weighted by Crippen LogP contribution is -2.44. The Balaban J connectivity index is 1.90. The number of hydrogen-bond donors (Lipinski definition) is 2. The minimum Gasteiger partial charge on any atom is -0.451 e. The van der Waals surface area contributed by atoms with Crippen molar-refractivity contribution in [3.8, 4) is 0 Å². The standard InChI is InChI=1S/C21H29N3O5/c1-13(2)10-11-21(5)19(27)24(20(28)23-21)12-17(25)29-15(4)18(26)22-16-8-6-14(3)7-9-16/h6-9,13,15H,10-12H2,1-5H3,(H,22,26)(H,23,28)/t15-,21+/m0/s1. The number of hydrogen-bond acceptors (Lipinski definition) is 5. The predicted molar refractivity (Wildman–Crippen MR) is 108 cm³/mol. The summed E-state index contributed by atoms with van der Waals surface area (Å²) in [5, 5.41) is 5.30. The lowest BCUT2D eigenvalue weighted by Gasteiger charge is -2.22. The number of aryl methyl sites for hydroxylation is 1. The third-order valence-electron chi connectivity index (χ3n) is 4.85. The summed E-state index contributed by atoms with van der Waals surface area (Å²) in [4.78, 5) is 50.1. The van der Waals surface area contributed by atoms with E-state index < -0.39 is 42.0 Å². The Morgan fingerprint density at radius 3 is 2.38 bits per heavy atom. The molecule has 2 N–H and O–H groups in total. The summed E-state index contributed by atoms with van der Waals surface area (Å²) in [5.41, 5.74) is 0.603. The van der Waals surface area contributed by atoms with Gasteiger partial charge >= 0.3 is 12.0 Å². The van der Waals surface area contributed by atoms with E-state index in [4.69, 9.17) is 4.74 Å². The van der Waals surface area contributed by atoms with Crippen LogP contribution in [0.25, 0.3) is 0 Å². The van der Waals surface area contributed by atoms with Gasteiger partial charge in [0.25, 0.3) is 11.8 Å². The van der Waals surface area contributed by atoms with Crippen molar-refractivity contribution in [1.29, 1.82) is 0 Å². The molecule has 0 radical (unpaired) electrons. The molecule has 2 rings (SSSR count). The van der Waals surface area contributed by atoms with Crippen LogP contribution in [0.3, 0.4) is 0 Å². The molecule has 0 saturated carbocycles. The molecule has 0 unspecified atom stereocenters. The van der Waals surface area contributed by atoms with Crippen LogP contribution in [-0.2, 0) is 19.1 Å². The Morgan fingerprint density at radius 1 is 1.17 bits per heavy atom. The maximum absolute atomic E-state index is 12.6. The summed E-state index contributed by atoms with van der Waals surface area (Å²) in [6.07, 6.45) is 0.171. The maximum atomic E-state index is 12.6. The van der Waals surface area contributed by atoms with E-state index in [2.05, 4.69) is 10.6 Å². The van der Waals surface area contributed by atoms with Crippen LogP contribution in [-0.4, -0.2) is 46.9 Å². The van der Waals surface area contributed by atoms with E-state index in [9.17, 15) is 19.2 Å². The van der Waals surface area contributed by atoms with Gasteiger partial charge in [0.2, 0.25) is 0 Å². The molecule has 29 heavy (non-hydrogen) atoms. The SMILES string of the molecule is Cc1ccc(NC(=O)[C@H](C)OC(=O)CN2C(=O)N[C@](C)(CCC(C)C)C2=O)cc1. The quantitative estimate of drug-likeness (QED) is 0.513. The van der Waals surface area contributed by atoms with E-state index in [1.165, 1.54) is 6.92 Å². The second-order valence-electron chi connectivity index (χ2n) is 8.07. The molecular formula is C21H29N3O5. The number of ether oxygens (including phenoxy) is 1. The molecule has 0 bridgehead atoms. The van der Waals surface area contributed by atoms with Gasteiger partial charge in [0.1, 0.15) is 12.1 Å². The topological polar surface area (TPSA) is 105 Å². The number of carbonyl (C=O) groups excluding carboxylic acids is 4. The maximum Gasteiger partial charge on any atom is 0.327 e. The third-order valence-corrected chi connectivity index (χ3v) is 4.85. The number of esters is 1. The molecule has 1 aliphatic rings. The predicted octanol–water partition coefficient (Wildman–Crippen LogP) is 2.61. The van der Waals surface area contributed by atoms with Gasteiger partial charge < -0.3 is 15.4 Å². The average molecular weight is 403 g/mol. The number of benzene rings is 1. The zero-order valence-electron chi connectivity index (χ0n) is 17.6. The van der Waals surface area contributed by atoms with Gasteiger partial charge in [-0.05, 0) is 51.7 Å². The number of nitrogens with zero attached hydrogens (tertiary/aromatic N) is 1. The van der Waals surface area contributed by atoms with Gasteiger partial charge in [0.05, 0.1) is 0 Å². The Labute approximate surface area is 171 Å². The van der Waals surface area contributed by atoms with Crippen molar-refractivity contribution in [3.05, 3.63) is 29.8 Å². The fourth-order valence-electron chi connectivity index (χ4n) is 2.94. The van der Waals surface area contributed by atoms with Crippen molar-refractivity contribution in [3.63, 3.8) is 0 Å². The first-order valence-electron chi connectivity index (χ1n) is 9.73. The van der Waals surface area contributed by atoms with Crippen LogP contribution in [0.1, 0.15) is 46.1 Å². The molecule has 8 nitrogen and oxygen atoms in total. The normalized spacial score (nSPS) is 19.9. The Morgan fingerprint density at radius 2 is 1.79 bits per heavy atom. The monoisotopic (exact) mass is 403 g/mol. The van der Waals surface area contributed by atoms with Gasteiger partial charge in [-0.15, -0.1) is 0 Å². The van der Waals surface area contributed by atoms with Crippen molar-refractivity contribution in [2.75, 3.05) is 11.9 Å². The zero-order chi connectivity index (χ0) is 21.8. The largest absolute Gasteiger partial charge is 0.451 e. The number of urea groups is 1. The molecule has 1 aromatic rings. The van der Waals surface area contributed by atoms with Crippen LogP contribution in [0, 0.1) is 12.8 Å². The summed E-state index contributed by atoms with van der Waals surface area (Å²) in [7, 11) is 0. The van der Waals surface area contributed by atoms with E-state index in [0.29, 0.717) is 18.0 Å². The first kappa shape index (κ1) is 22.4. The Hall–Kier alpha value is -2.90. The van der Waals surface area contributed by atoms with Gasteiger partial charge in [-0.2, -0.15) is 0 Å². The minimum absolute atomic E-state index is 0.378. The highest BCUT2D eigenvalue weighted by Gasteiger charge is 2.48. The lowest BCUT2D eigenvalue weighted by molar-refractivity contribution is -0.155. The molecule has 158 valence electrons. The molecule has 1 fully saturated rings. The Bertz CT molecular complexity index is 790. The molecule has 4 amide bonds. The number of nitrogens with one attached hydrogen (secondary N) is 2. The summed E-state index contributed by atoms with van der Waals surface area (Å²) >= 11 is 0. The first-order chi connectivity index (χ1) is 13.5. The number of rotatable bonds is 8. The number of anilines is 1. The second-order valence-corrected chi connectivity index (χ2v) is 8.07. The van der Waals surface area contributed by atoms with E-state index in [0.717, 1.165) is 16.9 Å². The van der Waals surface area contributed by atoms with Crippen LogP contribution in [0.5, 0.6) is 0 Å². The molecule has 1 saturated heterocycles. The number of imide groups is 1. The summed E-state index contributed by atoms with van der Waals surface area (Å²) in [6.45, 7) is 8.54. The Kier molecular flexibility index (Phi) is 7.00. The van der Waals surface area contributed by atoms with Gasteiger partial charge in [-0.25, -0.2) is 4.79 Å². The van der Waals surface area contributed by atoms with E-state index in [1.807, 2.05) is 32.9 Å². The van der Waals surface area contributed by atoms with Gasteiger partial charge in [-0.1, -0.05) is 31.5 Å². The van der Waals surface area contributed by atoms with E-state index in [1.54, 1.807) is 19.1 Å². The molecule has 0 aliphatic carbocycles. The molecule has 1 aromatic carbocycles. The van der Waals surface area contributed by atoms with Crippen molar-refractivity contribution in [2.24, 2.45) is 5.92 Å². The zero-order valence-corrected chi connectivity index (χ0v) is 17.6. The molecule has 8 heteroatoms. The summed E-state index contributed by atoms with van der Waals surface area (Å²) in [6, 6.07) is 6.55. The highest BCUT2D eigenvalue weighted by molar-refractivity contribution is 6.08. The minimum atomic E-state index is -1.07. The van der Waals surface area contributed by atoms with Crippen molar-refractivity contribution < 1.29 is 23.9 Å². The van der Waals surface area contributed by atoms with Crippen LogP contribution in [0.15, 0.2) is 24.3 Å². The summed E-state index contributed by atoms with van der Waals surface area (Å²) < 4.78 is 5.11. The molecule has 0 spiro atoms. The fourth-order valence-corrected chi connectivity index (χ4v) is 2.94. The molecule has 0 aromatic heterocycles. The van der Waals surface area contributed by atoms with Crippen LogP contribution in [0.2, 0.25) is 0 Å². The lowest BCUT2D eigenvalue weighted by atomic mass is 9.92. The number of amides is 4. The fraction of sp³-hybridized carbons (Fsp3) is 0.524. The van der Waals surface area contributed by atoms with Gasteiger partial charge in [0.15, 0.2) is 6.10 Å². The average Bonchev–Trinajstić information content (AvgIpc) is 2.85. The van der Waals surface area contributed by atoms with Crippen molar-refractivity contribution >= 4 is 29.5 Å². The van der Waals surface area contributed by atoms with Crippen LogP contribution < -0.4 is 10.6 Å². The molecule has 1 aliphatic heterocycles. The summed E-state index contributed by atoms with van der Waals surface area (Å²) in [5.74, 6) is -1.41. The molecule has 1 heterocycles. The van der Waals surface area contributed by atoms with Gasteiger partial charge in [-0.3, -0.25) is 19.3 Å². The molecule has 2 atom stereocenters. The van der Waals surface area contributed by atoms with Crippen LogP contribution in [0.4, 0.5) is 10.5 Å². The highest BCUT2D eigenvalue weighted by Crippen LogP contribution is 2.24. The number of carbonyl (C=O) groups is 4. The van der Waals surface area contributed by atoms with Crippen molar-refractivity contribution in [2.45, 2.75) is 59.1 Å². The second kappa shape index (κ2) is 9.07. The van der Waals surface area contributed by atoms with Gasteiger partial charge in [0, 0.05) is 5.69 Å².